The summed E-state index contributed by atoms with van der Waals surface area (Å²) in [7, 11) is 0. The minimum Gasteiger partial charge on any atom is -0.480 e. The number of nitrogens with zero attached hydrogens (tertiary/aromatic N) is 3. The second kappa shape index (κ2) is 4.63. The van der Waals surface area contributed by atoms with Crippen molar-refractivity contribution < 1.29 is 19.3 Å². The van der Waals surface area contributed by atoms with Crippen LogP contribution in [0.3, 0.4) is 0 Å². The number of nitrogens with two attached hydrogens (primary N) is 1. The summed E-state index contributed by atoms with van der Waals surface area (Å²) in [6, 6.07) is -0.859. The quantitative estimate of drug-likeness (QED) is 0.760. The first-order valence-corrected chi connectivity index (χ1v) is 5.64. The summed E-state index contributed by atoms with van der Waals surface area (Å²) < 4.78 is 4.36. The highest BCUT2D eigenvalue weighted by Gasteiger charge is 2.39. The summed E-state index contributed by atoms with van der Waals surface area (Å²) in [5.74, 6) is -1.80. The Morgan fingerprint density at radius 3 is 2.78 bits per heavy atom. The molecule has 0 radical (unpaired) electrons. The van der Waals surface area contributed by atoms with Gasteiger partial charge in [-0.3, -0.25) is 4.79 Å². The molecule has 1 amide bonds. The monoisotopic (exact) mass is 254 g/mol. The maximum atomic E-state index is 12.2. The molecule has 1 aromatic rings. The number of carboxylic acid groups (broad SMARTS) is 1. The van der Waals surface area contributed by atoms with Crippen LogP contribution >= 0.6 is 0 Å². The Morgan fingerprint density at radius 1 is 1.50 bits per heavy atom. The number of likely N-dealkylation sites (tertiary alicyclic amines) is 1. The standard InChI is InChI=1S/C10H14N4O4/c1-5-3-2-4-14(7(5)10(16)17)9(15)6-8(11)13-18-12-6/h5,7H,2-4H2,1H3,(H2,11,13)(H,16,17). The molecular weight excluding hydrogens is 240 g/mol. The van der Waals surface area contributed by atoms with Gasteiger partial charge in [-0.15, -0.1) is 0 Å². The van der Waals surface area contributed by atoms with E-state index < -0.39 is 17.9 Å². The van der Waals surface area contributed by atoms with Gasteiger partial charge in [-0.1, -0.05) is 6.92 Å². The normalized spacial score (nSPS) is 23.9. The van der Waals surface area contributed by atoms with Crippen LogP contribution in [-0.4, -0.2) is 44.8 Å². The lowest BCUT2D eigenvalue weighted by molar-refractivity contribution is -0.145. The van der Waals surface area contributed by atoms with Crippen LogP contribution in [-0.2, 0) is 4.79 Å². The van der Waals surface area contributed by atoms with Gasteiger partial charge >= 0.3 is 5.97 Å². The lowest BCUT2D eigenvalue weighted by Crippen LogP contribution is -2.52. The first-order valence-electron chi connectivity index (χ1n) is 5.64. The molecular formula is C10H14N4O4. The van der Waals surface area contributed by atoms with Gasteiger partial charge in [-0.25, -0.2) is 9.42 Å². The molecule has 1 aromatic heterocycles. The fourth-order valence-electron chi connectivity index (χ4n) is 2.27. The Balaban J connectivity index is 2.28. The Morgan fingerprint density at radius 2 is 2.22 bits per heavy atom. The van der Waals surface area contributed by atoms with Gasteiger partial charge in [0.25, 0.3) is 5.91 Å². The minimum atomic E-state index is -1.02. The molecule has 18 heavy (non-hydrogen) atoms. The molecule has 98 valence electrons. The summed E-state index contributed by atoms with van der Waals surface area (Å²) in [6.45, 7) is 2.18. The molecule has 1 aliphatic rings. The lowest BCUT2D eigenvalue weighted by atomic mass is 9.90. The van der Waals surface area contributed by atoms with Gasteiger partial charge in [0.2, 0.25) is 11.5 Å². The van der Waals surface area contributed by atoms with E-state index in [1.54, 1.807) is 0 Å². The van der Waals surface area contributed by atoms with Gasteiger partial charge in [-0.05, 0) is 29.1 Å². The van der Waals surface area contributed by atoms with Crippen molar-refractivity contribution in [1.29, 1.82) is 0 Å². The number of rotatable bonds is 2. The largest absolute Gasteiger partial charge is 0.480 e. The molecule has 1 saturated heterocycles. The number of hydrogen-bond donors (Lipinski definition) is 2. The summed E-state index contributed by atoms with van der Waals surface area (Å²) >= 11 is 0. The predicted molar refractivity (Wildman–Crippen MR) is 59.6 cm³/mol. The molecule has 1 fully saturated rings. The molecule has 8 heteroatoms. The highest BCUT2D eigenvalue weighted by molar-refractivity contribution is 5.98. The van der Waals surface area contributed by atoms with Crippen LogP contribution in [0.4, 0.5) is 5.82 Å². The SMILES string of the molecule is CC1CCCN(C(=O)c2nonc2N)C1C(=O)O. The Bertz CT molecular complexity index is 472. The van der Waals surface area contributed by atoms with Crippen LogP contribution in [0.25, 0.3) is 0 Å². The van der Waals surface area contributed by atoms with Crippen LogP contribution in [0.1, 0.15) is 30.3 Å². The van der Waals surface area contributed by atoms with E-state index in [2.05, 4.69) is 14.9 Å². The number of aromatic nitrogens is 2. The third-order valence-corrected chi connectivity index (χ3v) is 3.16. The number of nitrogen functional groups attached to an aromatic ring is 1. The molecule has 0 saturated carbocycles. The molecule has 0 aliphatic carbocycles. The van der Waals surface area contributed by atoms with Crippen LogP contribution in [0.2, 0.25) is 0 Å². The highest BCUT2D eigenvalue weighted by Crippen LogP contribution is 2.25. The van der Waals surface area contributed by atoms with E-state index >= 15 is 0 Å². The van der Waals surface area contributed by atoms with Crippen LogP contribution in [0.15, 0.2) is 4.63 Å². The predicted octanol–water partition coefficient (Wildman–Crippen LogP) is -0.0229. The Kier molecular flexibility index (Phi) is 3.17. The number of carboxylic acids is 1. The van der Waals surface area contributed by atoms with Crippen molar-refractivity contribution in [3.63, 3.8) is 0 Å². The Hall–Kier alpha value is -2.12. The maximum absolute atomic E-state index is 12.2. The maximum Gasteiger partial charge on any atom is 0.326 e. The summed E-state index contributed by atoms with van der Waals surface area (Å²) in [5.41, 5.74) is 5.31. The zero-order valence-electron chi connectivity index (χ0n) is 9.87. The van der Waals surface area contributed by atoms with E-state index in [-0.39, 0.29) is 17.4 Å². The molecule has 0 bridgehead atoms. The van der Waals surface area contributed by atoms with Crippen LogP contribution in [0, 0.1) is 5.92 Å². The van der Waals surface area contributed by atoms with Crippen molar-refractivity contribution in [1.82, 2.24) is 15.2 Å². The summed E-state index contributed by atoms with van der Waals surface area (Å²) in [5, 5.41) is 15.9. The van der Waals surface area contributed by atoms with Gasteiger partial charge in [0.1, 0.15) is 6.04 Å². The number of amides is 1. The average Bonchev–Trinajstić information content (AvgIpc) is 2.73. The van der Waals surface area contributed by atoms with E-state index in [0.29, 0.717) is 6.54 Å². The van der Waals surface area contributed by atoms with Gasteiger partial charge in [0.15, 0.2) is 0 Å². The number of anilines is 1. The Labute approximate surface area is 103 Å². The molecule has 2 heterocycles. The first-order chi connectivity index (χ1) is 8.52. The molecule has 2 rings (SSSR count). The van der Waals surface area contributed by atoms with E-state index in [9.17, 15) is 14.7 Å². The second-order valence-electron chi connectivity index (χ2n) is 4.40. The number of hydrogen-bond acceptors (Lipinski definition) is 6. The van der Waals surface area contributed by atoms with Gasteiger partial charge in [0, 0.05) is 6.54 Å². The molecule has 2 unspecified atom stereocenters. The zero-order chi connectivity index (χ0) is 13.3. The van der Waals surface area contributed by atoms with Crippen molar-refractivity contribution in [3.8, 4) is 0 Å². The van der Waals surface area contributed by atoms with E-state index in [1.165, 1.54) is 4.90 Å². The highest BCUT2D eigenvalue weighted by atomic mass is 16.6. The molecule has 3 N–H and O–H groups in total. The number of piperidine rings is 1. The number of carbonyl (C=O) groups excluding carboxylic acids is 1. The lowest BCUT2D eigenvalue weighted by Gasteiger charge is -2.36. The third-order valence-electron chi connectivity index (χ3n) is 3.16. The van der Waals surface area contributed by atoms with Gasteiger partial charge in [0.05, 0.1) is 0 Å². The fourth-order valence-corrected chi connectivity index (χ4v) is 2.27. The van der Waals surface area contributed by atoms with Crippen molar-refractivity contribution >= 4 is 17.7 Å². The van der Waals surface area contributed by atoms with Crippen LogP contribution < -0.4 is 5.73 Å². The summed E-state index contributed by atoms with van der Waals surface area (Å²) in [6.07, 6.45) is 1.52. The van der Waals surface area contributed by atoms with Crippen LogP contribution in [0.5, 0.6) is 0 Å². The second-order valence-corrected chi connectivity index (χ2v) is 4.40. The molecule has 0 spiro atoms. The van der Waals surface area contributed by atoms with Crippen molar-refractivity contribution in [2.75, 3.05) is 12.3 Å². The number of carbonyl (C=O) groups is 2. The van der Waals surface area contributed by atoms with Gasteiger partial charge < -0.3 is 15.7 Å². The third kappa shape index (κ3) is 2.01. The first kappa shape index (κ1) is 12.3. The molecule has 8 nitrogen and oxygen atoms in total. The smallest absolute Gasteiger partial charge is 0.326 e. The number of aliphatic carboxylic acids is 1. The summed E-state index contributed by atoms with van der Waals surface area (Å²) in [4.78, 5) is 24.7. The minimum absolute atomic E-state index is 0.110. The van der Waals surface area contributed by atoms with E-state index in [4.69, 9.17) is 5.73 Å². The molecule has 2 atom stereocenters. The fraction of sp³-hybridized carbons (Fsp3) is 0.600. The van der Waals surface area contributed by atoms with Crippen molar-refractivity contribution in [2.24, 2.45) is 5.92 Å². The molecule has 1 aliphatic heterocycles. The zero-order valence-corrected chi connectivity index (χ0v) is 9.87. The topological polar surface area (TPSA) is 123 Å². The van der Waals surface area contributed by atoms with Crippen molar-refractivity contribution in [3.05, 3.63) is 5.69 Å². The molecule has 0 aromatic carbocycles. The van der Waals surface area contributed by atoms with E-state index in [1.807, 2.05) is 6.92 Å². The van der Waals surface area contributed by atoms with Crippen molar-refractivity contribution in [2.45, 2.75) is 25.8 Å². The van der Waals surface area contributed by atoms with Gasteiger partial charge in [-0.2, -0.15) is 0 Å². The van der Waals surface area contributed by atoms with E-state index in [0.717, 1.165) is 12.8 Å². The average molecular weight is 254 g/mol.